The van der Waals surface area contributed by atoms with E-state index in [1.165, 1.54) is 42.5 Å². The van der Waals surface area contributed by atoms with Gasteiger partial charge in [0.25, 0.3) is 11.5 Å². The third-order valence-corrected chi connectivity index (χ3v) is 6.97. The Morgan fingerprint density at radius 3 is 2.24 bits per heavy atom. The number of halogens is 3. The van der Waals surface area contributed by atoms with Crippen molar-refractivity contribution < 1.29 is 31.1 Å². The summed E-state index contributed by atoms with van der Waals surface area (Å²) >= 11 is 0. The van der Waals surface area contributed by atoms with Gasteiger partial charge in [0, 0.05) is 23.2 Å². The molecule has 1 atom stereocenters. The van der Waals surface area contributed by atoms with E-state index in [4.69, 9.17) is 4.74 Å². The van der Waals surface area contributed by atoms with Crippen LogP contribution in [0, 0.1) is 6.92 Å². The molecule has 0 saturated carbocycles. The number of H-pyrrole nitrogens is 1. The molecule has 0 aliphatic rings. The molecule has 204 valence electrons. The average Bonchev–Trinajstić information content (AvgIpc) is 2.81. The SMILES string of the molecule is Cc1[nH]c(=O)c(C(=O)N(Cc2ccc(S(C)(=O)=O)cc2)c2cccc(C(F)(F)F)c2)cc1C(C)OC(C)C. The molecule has 1 N–H and O–H groups in total. The van der Waals surface area contributed by atoms with Crippen molar-refractivity contribution in [2.24, 2.45) is 0 Å². The number of carbonyl (C=O) groups excluding carboxylic acids is 1. The summed E-state index contributed by atoms with van der Waals surface area (Å²) in [6, 6.07) is 11.3. The zero-order valence-corrected chi connectivity index (χ0v) is 22.4. The van der Waals surface area contributed by atoms with Crippen molar-refractivity contribution in [1.29, 1.82) is 0 Å². The highest BCUT2D eigenvalue weighted by Crippen LogP contribution is 2.33. The van der Waals surface area contributed by atoms with Crippen LogP contribution < -0.4 is 10.5 Å². The number of alkyl halides is 3. The molecular formula is C27H29F3N2O5S. The number of hydrogen-bond donors (Lipinski definition) is 1. The fourth-order valence-corrected chi connectivity index (χ4v) is 4.63. The Bertz CT molecular complexity index is 1480. The van der Waals surface area contributed by atoms with Crippen LogP contribution in [0.2, 0.25) is 0 Å². The molecule has 11 heteroatoms. The van der Waals surface area contributed by atoms with E-state index in [2.05, 4.69) is 4.98 Å². The number of hydrogen-bond acceptors (Lipinski definition) is 5. The minimum absolute atomic E-state index is 0.0527. The van der Waals surface area contributed by atoms with E-state index in [9.17, 15) is 31.2 Å². The van der Waals surface area contributed by atoms with Gasteiger partial charge in [-0.25, -0.2) is 8.42 Å². The first-order valence-corrected chi connectivity index (χ1v) is 13.6. The fraction of sp³-hybridized carbons (Fsp3) is 0.333. The first-order chi connectivity index (χ1) is 17.6. The summed E-state index contributed by atoms with van der Waals surface area (Å²) in [6.45, 7) is 6.90. The summed E-state index contributed by atoms with van der Waals surface area (Å²) in [7, 11) is -3.48. The molecule has 0 bridgehead atoms. The number of benzene rings is 2. The van der Waals surface area contributed by atoms with Gasteiger partial charge in [0.1, 0.15) is 5.56 Å². The van der Waals surface area contributed by atoms with Crippen LogP contribution in [-0.2, 0) is 27.3 Å². The predicted octanol–water partition coefficient (Wildman–Crippen LogP) is 5.44. The average molecular weight is 551 g/mol. The minimum atomic E-state index is -4.65. The van der Waals surface area contributed by atoms with Crippen molar-refractivity contribution in [3.63, 3.8) is 0 Å². The number of amides is 1. The second kappa shape index (κ2) is 11.1. The normalized spacial score (nSPS) is 13.0. The number of anilines is 1. The van der Waals surface area contributed by atoms with Crippen molar-refractivity contribution in [3.8, 4) is 0 Å². The highest BCUT2D eigenvalue weighted by atomic mass is 32.2. The maximum atomic E-state index is 13.8. The largest absolute Gasteiger partial charge is 0.416 e. The van der Waals surface area contributed by atoms with Crippen LogP contribution in [0.4, 0.5) is 18.9 Å². The molecule has 0 spiro atoms. The molecule has 0 saturated heterocycles. The van der Waals surface area contributed by atoms with Crippen LogP contribution in [0.15, 0.2) is 64.3 Å². The lowest BCUT2D eigenvalue weighted by atomic mass is 10.0. The Morgan fingerprint density at radius 2 is 1.68 bits per heavy atom. The Labute approximate surface area is 219 Å². The van der Waals surface area contributed by atoms with Crippen molar-refractivity contribution in [2.45, 2.75) is 57.5 Å². The van der Waals surface area contributed by atoms with Crippen LogP contribution in [0.25, 0.3) is 0 Å². The van der Waals surface area contributed by atoms with Crippen LogP contribution in [0.1, 0.15) is 59.6 Å². The van der Waals surface area contributed by atoms with Gasteiger partial charge in [0.15, 0.2) is 9.84 Å². The number of sulfone groups is 1. The maximum Gasteiger partial charge on any atom is 0.416 e. The molecule has 0 radical (unpaired) electrons. The van der Waals surface area contributed by atoms with E-state index < -0.39 is 39.1 Å². The van der Waals surface area contributed by atoms with E-state index in [1.807, 2.05) is 13.8 Å². The highest BCUT2D eigenvalue weighted by molar-refractivity contribution is 7.90. The summed E-state index contributed by atoms with van der Waals surface area (Å²) < 4.78 is 69.8. The van der Waals surface area contributed by atoms with Gasteiger partial charge in [-0.1, -0.05) is 18.2 Å². The van der Waals surface area contributed by atoms with Gasteiger partial charge in [0.2, 0.25) is 0 Å². The third-order valence-electron chi connectivity index (χ3n) is 5.85. The molecule has 2 aromatic carbocycles. The lowest BCUT2D eigenvalue weighted by molar-refractivity contribution is -0.137. The third kappa shape index (κ3) is 6.90. The van der Waals surface area contributed by atoms with E-state index in [1.54, 1.807) is 13.8 Å². The van der Waals surface area contributed by atoms with E-state index >= 15 is 0 Å². The predicted molar refractivity (Wildman–Crippen MR) is 138 cm³/mol. The minimum Gasteiger partial charge on any atom is -0.371 e. The molecule has 1 heterocycles. The van der Waals surface area contributed by atoms with Gasteiger partial charge in [-0.15, -0.1) is 0 Å². The summed E-state index contributed by atoms with van der Waals surface area (Å²) in [5.41, 5.74) is -0.497. The number of ether oxygens (including phenoxy) is 1. The molecule has 0 fully saturated rings. The Kier molecular flexibility index (Phi) is 8.52. The van der Waals surface area contributed by atoms with Crippen molar-refractivity contribution >= 4 is 21.4 Å². The number of aromatic nitrogens is 1. The zero-order valence-electron chi connectivity index (χ0n) is 21.6. The molecule has 38 heavy (non-hydrogen) atoms. The lowest BCUT2D eigenvalue weighted by Crippen LogP contribution is -2.35. The van der Waals surface area contributed by atoms with Crippen LogP contribution in [-0.4, -0.2) is 31.7 Å². The Hall–Kier alpha value is -3.44. The van der Waals surface area contributed by atoms with Crippen LogP contribution in [0.3, 0.4) is 0 Å². The number of aromatic amines is 1. The van der Waals surface area contributed by atoms with E-state index in [-0.39, 0.29) is 28.8 Å². The molecule has 1 amide bonds. The number of pyridine rings is 1. The number of carbonyl (C=O) groups is 1. The van der Waals surface area contributed by atoms with Crippen molar-refractivity contribution in [2.75, 3.05) is 11.2 Å². The van der Waals surface area contributed by atoms with Gasteiger partial charge in [-0.3, -0.25) is 9.59 Å². The zero-order chi connectivity index (χ0) is 28.4. The maximum absolute atomic E-state index is 13.8. The molecule has 1 unspecified atom stereocenters. The Morgan fingerprint density at radius 1 is 1.05 bits per heavy atom. The van der Waals surface area contributed by atoms with Crippen LogP contribution in [0.5, 0.6) is 0 Å². The molecule has 7 nitrogen and oxygen atoms in total. The topological polar surface area (TPSA) is 96.5 Å². The van der Waals surface area contributed by atoms with Crippen molar-refractivity contribution in [3.05, 3.63) is 92.9 Å². The van der Waals surface area contributed by atoms with Gasteiger partial charge in [-0.05, 0) is 69.7 Å². The van der Waals surface area contributed by atoms with E-state index in [0.717, 1.165) is 23.3 Å². The Balaban J connectivity index is 2.12. The number of nitrogens with one attached hydrogen (secondary N) is 1. The second-order valence-corrected chi connectivity index (χ2v) is 11.3. The lowest BCUT2D eigenvalue weighted by Gasteiger charge is -2.25. The number of rotatable bonds is 8. The van der Waals surface area contributed by atoms with Crippen molar-refractivity contribution in [1.82, 2.24) is 4.98 Å². The summed E-state index contributed by atoms with van der Waals surface area (Å²) in [4.78, 5) is 30.4. The van der Waals surface area contributed by atoms with E-state index in [0.29, 0.717) is 16.8 Å². The monoisotopic (exact) mass is 550 g/mol. The number of aryl methyl sites for hydroxylation is 1. The fourth-order valence-electron chi connectivity index (χ4n) is 4.00. The van der Waals surface area contributed by atoms with Gasteiger partial charge < -0.3 is 14.6 Å². The standard InChI is InChI=1S/C27H29F3N2O5S/c1-16(2)37-18(4)23-14-24(25(33)31-17(23)3)26(34)32(21-8-6-7-20(13-21)27(28,29)30)15-19-9-11-22(12-10-19)38(5,35)36/h6-14,16,18H,15H2,1-5H3,(H,31,33). The summed E-state index contributed by atoms with van der Waals surface area (Å²) in [5.74, 6) is -0.823. The smallest absolute Gasteiger partial charge is 0.371 e. The number of nitrogens with zero attached hydrogens (tertiary/aromatic N) is 1. The molecule has 3 rings (SSSR count). The molecule has 0 aliphatic carbocycles. The quantitative estimate of drug-likeness (QED) is 0.403. The van der Waals surface area contributed by atoms with Gasteiger partial charge in [0.05, 0.1) is 29.2 Å². The summed E-state index contributed by atoms with van der Waals surface area (Å²) in [6.07, 6.45) is -4.21. The molecule has 1 aromatic heterocycles. The first kappa shape index (κ1) is 29.1. The highest BCUT2D eigenvalue weighted by Gasteiger charge is 2.32. The van der Waals surface area contributed by atoms with Gasteiger partial charge >= 0.3 is 6.18 Å². The second-order valence-electron chi connectivity index (χ2n) is 9.28. The molecule has 0 aliphatic heterocycles. The molecular weight excluding hydrogens is 521 g/mol. The van der Waals surface area contributed by atoms with Gasteiger partial charge in [-0.2, -0.15) is 13.2 Å². The first-order valence-electron chi connectivity index (χ1n) is 11.8. The summed E-state index contributed by atoms with van der Waals surface area (Å²) in [5, 5.41) is 0. The van der Waals surface area contributed by atoms with Crippen LogP contribution >= 0.6 is 0 Å². The molecule has 3 aromatic rings.